The van der Waals surface area contributed by atoms with Gasteiger partial charge in [-0.15, -0.1) is 0 Å². The molecule has 0 spiro atoms. The lowest BCUT2D eigenvalue weighted by molar-refractivity contribution is -0.125. The summed E-state index contributed by atoms with van der Waals surface area (Å²) in [7, 11) is 0. The third kappa shape index (κ3) is 6.61. The molecule has 0 saturated heterocycles. The van der Waals surface area contributed by atoms with Crippen LogP contribution < -0.4 is 5.32 Å². The van der Waals surface area contributed by atoms with Crippen LogP contribution in [0.5, 0.6) is 0 Å². The van der Waals surface area contributed by atoms with Crippen LogP contribution in [0.3, 0.4) is 0 Å². The number of amides is 1. The number of rotatable bonds is 6. The molecule has 19 heavy (non-hydrogen) atoms. The maximum absolute atomic E-state index is 11.3. The van der Waals surface area contributed by atoms with Crippen LogP contribution in [0.4, 0.5) is 0 Å². The van der Waals surface area contributed by atoms with Crippen LogP contribution >= 0.6 is 0 Å². The third-order valence-electron chi connectivity index (χ3n) is 2.35. The molecular formula is C15H19NO3. The number of ether oxygens (including phenoxy) is 1. The van der Waals surface area contributed by atoms with E-state index in [0.29, 0.717) is 19.6 Å². The van der Waals surface area contributed by atoms with Gasteiger partial charge >= 0.3 is 0 Å². The molecule has 1 aromatic carbocycles. The van der Waals surface area contributed by atoms with Crippen LogP contribution in [0, 0.1) is 11.8 Å². The van der Waals surface area contributed by atoms with Gasteiger partial charge in [0.05, 0.1) is 6.61 Å². The molecule has 0 aliphatic carbocycles. The molecule has 0 fully saturated rings. The quantitative estimate of drug-likeness (QED) is 0.753. The molecule has 0 aliphatic heterocycles. The molecule has 102 valence electrons. The first-order valence-corrected chi connectivity index (χ1v) is 6.29. The molecule has 0 unspecified atom stereocenters. The van der Waals surface area contributed by atoms with Gasteiger partial charge < -0.3 is 15.2 Å². The lowest BCUT2D eigenvalue weighted by Crippen LogP contribution is -2.27. The lowest BCUT2D eigenvalue weighted by atomic mass is 10.1. The van der Waals surface area contributed by atoms with Gasteiger partial charge in [-0.25, -0.2) is 0 Å². The topological polar surface area (TPSA) is 58.6 Å². The van der Waals surface area contributed by atoms with Gasteiger partial charge in [0.1, 0.15) is 6.61 Å². The van der Waals surface area contributed by atoms with E-state index in [9.17, 15) is 4.79 Å². The minimum absolute atomic E-state index is 0.0803. The highest BCUT2D eigenvalue weighted by Crippen LogP contribution is 2.03. The number of carbonyl (C=O) groups excluding carboxylic acids is 1. The van der Waals surface area contributed by atoms with Crippen molar-refractivity contribution in [2.45, 2.75) is 19.9 Å². The second-order valence-corrected chi connectivity index (χ2v) is 3.89. The number of hydrogen-bond donors (Lipinski definition) is 2. The van der Waals surface area contributed by atoms with Crippen molar-refractivity contribution in [3.63, 3.8) is 0 Å². The van der Waals surface area contributed by atoms with Gasteiger partial charge in [-0.1, -0.05) is 24.0 Å². The van der Waals surface area contributed by atoms with Crippen molar-refractivity contribution in [3.05, 3.63) is 35.4 Å². The first-order valence-electron chi connectivity index (χ1n) is 6.29. The van der Waals surface area contributed by atoms with Gasteiger partial charge in [0.2, 0.25) is 5.91 Å². The van der Waals surface area contributed by atoms with Crippen LogP contribution in [0.1, 0.15) is 24.5 Å². The zero-order chi connectivity index (χ0) is 13.9. The van der Waals surface area contributed by atoms with Crippen molar-refractivity contribution in [1.82, 2.24) is 5.32 Å². The maximum atomic E-state index is 11.3. The highest BCUT2D eigenvalue weighted by Gasteiger charge is 2.00. The Bertz CT molecular complexity index is 443. The molecule has 0 aliphatic rings. The van der Waals surface area contributed by atoms with Crippen LogP contribution in [0.25, 0.3) is 0 Å². The van der Waals surface area contributed by atoms with Crippen LogP contribution in [0.15, 0.2) is 24.3 Å². The summed E-state index contributed by atoms with van der Waals surface area (Å²) in [6.07, 6.45) is 0.481. The Morgan fingerprint density at radius 2 is 2.11 bits per heavy atom. The molecule has 0 saturated carbocycles. The molecule has 1 rings (SSSR count). The van der Waals surface area contributed by atoms with Gasteiger partial charge in [-0.05, 0) is 24.6 Å². The van der Waals surface area contributed by atoms with E-state index < -0.39 is 0 Å². The Kier molecular flexibility index (Phi) is 7.33. The predicted molar refractivity (Wildman–Crippen MR) is 73.4 cm³/mol. The summed E-state index contributed by atoms with van der Waals surface area (Å²) in [5.41, 5.74) is 1.91. The van der Waals surface area contributed by atoms with E-state index in [2.05, 4.69) is 17.2 Å². The van der Waals surface area contributed by atoms with E-state index in [0.717, 1.165) is 11.1 Å². The molecule has 1 aromatic rings. The maximum Gasteiger partial charge on any atom is 0.246 e. The second kappa shape index (κ2) is 9.15. The lowest BCUT2D eigenvalue weighted by Gasteiger charge is -2.05. The third-order valence-corrected chi connectivity index (χ3v) is 2.35. The Labute approximate surface area is 113 Å². The molecular weight excluding hydrogens is 242 g/mol. The molecule has 4 nitrogen and oxygen atoms in total. The first-order chi connectivity index (χ1) is 9.26. The average molecular weight is 261 g/mol. The largest absolute Gasteiger partial charge is 0.395 e. The summed E-state index contributed by atoms with van der Waals surface area (Å²) in [6, 6.07) is 7.64. The standard InChI is InChI=1S/C15H19NO3/c1-2-19-12-15(18)16-11-14-8-6-13(7-9-14)5-3-4-10-17/h6-9,17H,2,4,10-12H2,1H3,(H,16,18). The summed E-state index contributed by atoms with van der Waals surface area (Å²) in [5, 5.41) is 11.4. The number of benzene rings is 1. The van der Waals surface area contributed by atoms with Crippen molar-refractivity contribution < 1.29 is 14.6 Å². The van der Waals surface area contributed by atoms with Gasteiger partial charge in [0.25, 0.3) is 0 Å². The molecule has 0 aromatic heterocycles. The van der Waals surface area contributed by atoms with E-state index in [4.69, 9.17) is 9.84 Å². The predicted octanol–water partition coefficient (Wildman–Crippen LogP) is 1.07. The van der Waals surface area contributed by atoms with Crippen molar-refractivity contribution in [2.24, 2.45) is 0 Å². The van der Waals surface area contributed by atoms with Gasteiger partial charge in [0, 0.05) is 25.1 Å². The summed E-state index contributed by atoms with van der Waals surface area (Å²) in [5.74, 6) is 5.69. The van der Waals surface area contributed by atoms with Crippen LogP contribution in [0.2, 0.25) is 0 Å². The van der Waals surface area contributed by atoms with E-state index in [1.54, 1.807) is 0 Å². The van der Waals surface area contributed by atoms with E-state index in [-0.39, 0.29) is 19.1 Å². The smallest absolute Gasteiger partial charge is 0.246 e. The molecule has 1 amide bonds. The van der Waals surface area contributed by atoms with Crippen molar-refractivity contribution in [2.75, 3.05) is 19.8 Å². The van der Waals surface area contributed by atoms with E-state index in [1.807, 2.05) is 31.2 Å². The number of nitrogens with one attached hydrogen (secondary N) is 1. The SMILES string of the molecule is CCOCC(=O)NCc1ccc(C#CCCO)cc1. The summed E-state index contributed by atoms with van der Waals surface area (Å²) in [4.78, 5) is 11.3. The van der Waals surface area contributed by atoms with Gasteiger partial charge in [-0.2, -0.15) is 0 Å². The Morgan fingerprint density at radius 3 is 2.74 bits per heavy atom. The Hall–Kier alpha value is -1.83. The van der Waals surface area contributed by atoms with Crippen LogP contribution in [-0.4, -0.2) is 30.8 Å². The summed E-state index contributed by atoms with van der Waals surface area (Å²) in [6.45, 7) is 3.05. The normalized spacial score (nSPS) is 9.58. The fraction of sp³-hybridized carbons (Fsp3) is 0.400. The second-order valence-electron chi connectivity index (χ2n) is 3.89. The minimum Gasteiger partial charge on any atom is -0.395 e. The zero-order valence-electron chi connectivity index (χ0n) is 11.1. The Morgan fingerprint density at radius 1 is 1.37 bits per heavy atom. The molecule has 4 heteroatoms. The van der Waals surface area contributed by atoms with Crippen molar-refractivity contribution >= 4 is 5.91 Å². The highest BCUT2D eigenvalue weighted by atomic mass is 16.5. The average Bonchev–Trinajstić information content (AvgIpc) is 2.44. The van der Waals surface area contributed by atoms with Crippen molar-refractivity contribution in [3.8, 4) is 11.8 Å². The van der Waals surface area contributed by atoms with Crippen LogP contribution in [-0.2, 0) is 16.1 Å². The molecule has 2 N–H and O–H groups in total. The zero-order valence-corrected chi connectivity index (χ0v) is 11.1. The summed E-state index contributed by atoms with van der Waals surface area (Å²) < 4.78 is 5.01. The van der Waals surface area contributed by atoms with E-state index in [1.165, 1.54) is 0 Å². The molecule has 0 radical (unpaired) electrons. The number of aliphatic hydroxyl groups is 1. The fourth-order valence-corrected chi connectivity index (χ4v) is 1.37. The Balaban J connectivity index is 2.40. The summed E-state index contributed by atoms with van der Waals surface area (Å²) >= 11 is 0. The molecule has 0 heterocycles. The van der Waals surface area contributed by atoms with Gasteiger partial charge in [-0.3, -0.25) is 4.79 Å². The molecule has 0 bridgehead atoms. The highest BCUT2D eigenvalue weighted by molar-refractivity contribution is 5.77. The van der Waals surface area contributed by atoms with E-state index >= 15 is 0 Å². The fourth-order valence-electron chi connectivity index (χ4n) is 1.37. The monoisotopic (exact) mass is 261 g/mol. The van der Waals surface area contributed by atoms with Gasteiger partial charge in [0.15, 0.2) is 0 Å². The minimum atomic E-state index is -0.117. The number of carbonyl (C=O) groups is 1. The molecule has 0 atom stereocenters. The number of hydrogen-bond acceptors (Lipinski definition) is 3. The number of aliphatic hydroxyl groups excluding tert-OH is 1. The van der Waals surface area contributed by atoms with Crippen molar-refractivity contribution in [1.29, 1.82) is 0 Å². The first kappa shape index (κ1) is 15.2.